The van der Waals surface area contributed by atoms with E-state index in [1.807, 2.05) is 22.7 Å². The maximum Gasteiger partial charge on any atom is 0.317 e. The quantitative estimate of drug-likeness (QED) is 0.916. The Morgan fingerprint density at radius 2 is 2.08 bits per heavy atom. The molecule has 0 radical (unpaired) electrons. The number of amides is 2. The predicted molar refractivity (Wildman–Crippen MR) is 86.8 cm³/mol. The minimum atomic E-state index is -2.52. The molecule has 1 aliphatic carbocycles. The first-order valence-electron chi connectivity index (χ1n) is 8.86. The van der Waals surface area contributed by atoms with Crippen LogP contribution in [0, 0.1) is 5.92 Å². The fourth-order valence-electron chi connectivity index (χ4n) is 3.83. The number of alkyl halides is 2. The van der Waals surface area contributed by atoms with Gasteiger partial charge in [0.05, 0.1) is 11.7 Å². The molecule has 3 rings (SSSR count). The number of nitrogens with zero attached hydrogens (tertiary/aromatic N) is 3. The van der Waals surface area contributed by atoms with Crippen LogP contribution in [0.25, 0.3) is 0 Å². The number of aromatic nitrogens is 2. The lowest BCUT2D eigenvalue weighted by atomic mass is 9.87. The van der Waals surface area contributed by atoms with Crippen molar-refractivity contribution in [3.05, 3.63) is 18.0 Å². The van der Waals surface area contributed by atoms with Crippen molar-refractivity contribution in [1.82, 2.24) is 20.0 Å². The second-order valence-corrected chi connectivity index (χ2v) is 7.07. The Balaban J connectivity index is 1.56. The van der Waals surface area contributed by atoms with Gasteiger partial charge in [-0.05, 0) is 44.1 Å². The van der Waals surface area contributed by atoms with Gasteiger partial charge >= 0.3 is 6.03 Å². The molecular formula is C17H26F2N4O. The maximum atomic E-state index is 13.2. The van der Waals surface area contributed by atoms with Crippen molar-refractivity contribution in [2.45, 2.75) is 56.9 Å². The number of halogens is 2. The van der Waals surface area contributed by atoms with Gasteiger partial charge in [-0.2, -0.15) is 5.10 Å². The van der Waals surface area contributed by atoms with Crippen LogP contribution in [0.1, 0.15) is 56.7 Å². The number of carbonyl (C=O) groups excluding carboxylic acids is 1. The lowest BCUT2D eigenvalue weighted by Crippen LogP contribution is -2.46. The normalized spacial score (nSPS) is 24.8. The number of likely N-dealkylation sites (tertiary alicyclic amines) is 1. The average Bonchev–Trinajstić information content (AvgIpc) is 2.99. The average molecular weight is 340 g/mol. The Labute approximate surface area is 141 Å². The number of piperidine rings is 1. The van der Waals surface area contributed by atoms with E-state index in [1.54, 1.807) is 6.20 Å². The molecule has 1 aromatic rings. The molecule has 2 fully saturated rings. The van der Waals surface area contributed by atoms with Crippen molar-refractivity contribution in [3.8, 4) is 0 Å². The van der Waals surface area contributed by atoms with Crippen molar-refractivity contribution >= 4 is 6.03 Å². The minimum Gasteiger partial charge on any atom is -0.338 e. The summed E-state index contributed by atoms with van der Waals surface area (Å²) in [5.41, 5.74) is 1.04. The smallest absolute Gasteiger partial charge is 0.317 e. The topological polar surface area (TPSA) is 50.2 Å². The summed E-state index contributed by atoms with van der Waals surface area (Å²) in [4.78, 5) is 14.5. The van der Waals surface area contributed by atoms with Crippen LogP contribution in [0.4, 0.5) is 13.6 Å². The third-order valence-electron chi connectivity index (χ3n) is 5.34. The van der Waals surface area contributed by atoms with E-state index >= 15 is 0 Å². The number of aryl methyl sites for hydroxylation is 1. The number of hydrogen-bond donors (Lipinski definition) is 1. The third kappa shape index (κ3) is 3.87. The Morgan fingerprint density at radius 1 is 1.33 bits per heavy atom. The highest BCUT2D eigenvalue weighted by atomic mass is 19.3. The summed E-state index contributed by atoms with van der Waals surface area (Å²) in [6.45, 7) is 1.22. The van der Waals surface area contributed by atoms with Crippen molar-refractivity contribution in [3.63, 3.8) is 0 Å². The largest absolute Gasteiger partial charge is 0.338 e. The Bertz CT molecular complexity index is 565. The molecule has 2 amide bonds. The number of rotatable bonds is 3. The highest BCUT2D eigenvalue weighted by molar-refractivity contribution is 5.74. The van der Waals surface area contributed by atoms with Gasteiger partial charge in [0, 0.05) is 39.2 Å². The van der Waals surface area contributed by atoms with Crippen LogP contribution in [0.3, 0.4) is 0 Å². The van der Waals surface area contributed by atoms with E-state index in [1.165, 1.54) is 0 Å². The molecule has 24 heavy (non-hydrogen) atoms. The zero-order valence-electron chi connectivity index (χ0n) is 14.2. The molecule has 0 bridgehead atoms. The molecule has 1 saturated carbocycles. The molecule has 0 spiro atoms. The van der Waals surface area contributed by atoms with Crippen LogP contribution in [-0.2, 0) is 7.05 Å². The van der Waals surface area contributed by atoms with Crippen LogP contribution in [0.2, 0.25) is 0 Å². The van der Waals surface area contributed by atoms with E-state index in [0.29, 0.717) is 19.4 Å². The number of nitrogens with one attached hydrogen (secondary N) is 1. The third-order valence-corrected chi connectivity index (χ3v) is 5.34. The highest BCUT2D eigenvalue weighted by Crippen LogP contribution is 2.36. The Kier molecular flexibility index (Phi) is 5.06. The molecular weight excluding hydrogens is 314 g/mol. The number of urea groups is 1. The maximum absolute atomic E-state index is 13.2. The van der Waals surface area contributed by atoms with Crippen LogP contribution in [0.15, 0.2) is 12.3 Å². The van der Waals surface area contributed by atoms with Gasteiger partial charge in [-0.15, -0.1) is 0 Å². The van der Waals surface area contributed by atoms with Crippen LogP contribution >= 0.6 is 0 Å². The van der Waals surface area contributed by atoms with Crippen molar-refractivity contribution in [1.29, 1.82) is 0 Å². The van der Waals surface area contributed by atoms with Gasteiger partial charge in [-0.1, -0.05) is 0 Å². The Hall–Kier alpha value is -1.66. The monoisotopic (exact) mass is 340 g/mol. The van der Waals surface area contributed by atoms with Gasteiger partial charge in [0.25, 0.3) is 0 Å². The number of carbonyl (C=O) groups is 1. The summed E-state index contributed by atoms with van der Waals surface area (Å²) in [5.74, 6) is -2.36. The molecule has 1 saturated heterocycles. The van der Waals surface area contributed by atoms with Crippen molar-refractivity contribution < 1.29 is 13.6 Å². The zero-order chi connectivity index (χ0) is 17.2. The summed E-state index contributed by atoms with van der Waals surface area (Å²) in [7, 11) is 1.89. The zero-order valence-corrected chi connectivity index (χ0v) is 14.2. The van der Waals surface area contributed by atoms with E-state index in [-0.39, 0.29) is 30.8 Å². The van der Waals surface area contributed by atoms with Crippen molar-refractivity contribution in [2.24, 2.45) is 13.0 Å². The lowest BCUT2D eigenvalue weighted by molar-refractivity contribution is -0.0452. The molecule has 7 heteroatoms. The van der Waals surface area contributed by atoms with Gasteiger partial charge in [-0.3, -0.25) is 4.68 Å². The second-order valence-electron chi connectivity index (χ2n) is 7.07. The summed E-state index contributed by atoms with van der Waals surface area (Å²) in [6.07, 6.45) is 5.63. The number of hydrogen-bond acceptors (Lipinski definition) is 2. The second kappa shape index (κ2) is 7.07. The van der Waals surface area contributed by atoms with Gasteiger partial charge < -0.3 is 10.2 Å². The molecule has 1 aromatic heterocycles. The van der Waals surface area contributed by atoms with E-state index in [9.17, 15) is 13.6 Å². The molecule has 2 aliphatic rings. The van der Waals surface area contributed by atoms with Gasteiger partial charge in [0.2, 0.25) is 5.92 Å². The van der Waals surface area contributed by atoms with E-state index in [0.717, 1.165) is 31.5 Å². The fraction of sp³-hybridized carbons (Fsp3) is 0.765. The highest BCUT2D eigenvalue weighted by Gasteiger charge is 2.35. The lowest BCUT2D eigenvalue weighted by Gasteiger charge is -2.36. The molecule has 1 N–H and O–H groups in total. The molecule has 2 heterocycles. The SMILES string of the molecule is Cn1nccc1[C@@H]1CCCCN1C(=O)NCC1CCC(F)(F)CC1. The summed E-state index contributed by atoms with van der Waals surface area (Å²) in [5, 5.41) is 7.18. The van der Waals surface area contributed by atoms with Crippen LogP contribution < -0.4 is 5.32 Å². The van der Waals surface area contributed by atoms with Gasteiger partial charge in [0.15, 0.2) is 0 Å². The van der Waals surface area contributed by atoms with E-state index in [2.05, 4.69) is 10.4 Å². The van der Waals surface area contributed by atoms with Crippen LogP contribution in [-0.4, -0.2) is 39.7 Å². The summed E-state index contributed by atoms with van der Waals surface area (Å²) in [6, 6.07) is 1.92. The first-order valence-corrected chi connectivity index (χ1v) is 8.86. The van der Waals surface area contributed by atoms with E-state index in [4.69, 9.17) is 0 Å². The first kappa shape index (κ1) is 17.2. The molecule has 1 atom stereocenters. The Morgan fingerprint density at radius 3 is 2.75 bits per heavy atom. The molecule has 5 nitrogen and oxygen atoms in total. The molecule has 134 valence electrons. The molecule has 0 unspecified atom stereocenters. The first-order chi connectivity index (χ1) is 11.5. The minimum absolute atomic E-state index is 0.0435. The van der Waals surface area contributed by atoms with Crippen molar-refractivity contribution in [2.75, 3.05) is 13.1 Å². The van der Waals surface area contributed by atoms with Gasteiger partial charge in [-0.25, -0.2) is 13.6 Å². The standard InChI is InChI=1S/C17H26F2N4O/c1-22-14(7-10-21-22)15-4-2-3-11-23(15)16(24)20-12-13-5-8-17(18,19)9-6-13/h7,10,13,15H,2-6,8-9,11-12H2,1H3,(H,20,24)/t15-/m0/s1. The summed E-state index contributed by atoms with van der Waals surface area (Å²) < 4.78 is 28.2. The molecule has 1 aliphatic heterocycles. The van der Waals surface area contributed by atoms with E-state index < -0.39 is 5.92 Å². The fourth-order valence-corrected chi connectivity index (χ4v) is 3.83. The van der Waals surface area contributed by atoms with Crippen LogP contribution in [0.5, 0.6) is 0 Å². The summed E-state index contributed by atoms with van der Waals surface area (Å²) >= 11 is 0. The molecule has 0 aromatic carbocycles. The predicted octanol–water partition coefficient (Wildman–Crippen LogP) is 3.48. The van der Waals surface area contributed by atoms with Gasteiger partial charge in [0.1, 0.15) is 0 Å².